The Balaban J connectivity index is 1.81. The largest absolute Gasteiger partial charge is 0.381 e. The second-order valence-electron chi connectivity index (χ2n) is 3.26. The summed E-state index contributed by atoms with van der Waals surface area (Å²) in [4.78, 5) is 0. The van der Waals surface area contributed by atoms with Crippen molar-refractivity contribution in [2.75, 3.05) is 38.3 Å². The molecule has 0 bridgehead atoms. The first kappa shape index (κ1) is 10.4. The standard InChI is InChI=1S/C9H19NOS/c1-12-7-5-10-4-2-9-3-6-11-8-9/h9-10H,2-8H2,1H3. The summed E-state index contributed by atoms with van der Waals surface area (Å²) >= 11 is 1.90. The molecule has 1 heterocycles. The van der Waals surface area contributed by atoms with E-state index >= 15 is 0 Å². The Hall–Kier alpha value is 0.270. The van der Waals surface area contributed by atoms with Crippen molar-refractivity contribution < 1.29 is 4.74 Å². The zero-order valence-corrected chi connectivity index (χ0v) is 8.66. The van der Waals surface area contributed by atoms with Crippen LogP contribution in [-0.2, 0) is 4.74 Å². The van der Waals surface area contributed by atoms with Crippen LogP contribution >= 0.6 is 11.8 Å². The van der Waals surface area contributed by atoms with E-state index in [9.17, 15) is 0 Å². The highest BCUT2D eigenvalue weighted by Crippen LogP contribution is 2.14. The molecule has 1 fully saturated rings. The first-order valence-electron chi connectivity index (χ1n) is 4.71. The lowest BCUT2D eigenvalue weighted by Crippen LogP contribution is -2.20. The molecule has 0 spiro atoms. The molecule has 0 saturated carbocycles. The van der Waals surface area contributed by atoms with Gasteiger partial charge in [0.2, 0.25) is 0 Å². The highest BCUT2D eigenvalue weighted by Gasteiger charge is 2.14. The molecule has 2 nitrogen and oxygen atoms in total. The van der Waals surface area contributed by atoms with E-state index in [1.54, 1.807) is 0 Å². The molecule has 72 valence electrons. The van der Waals surface area contributed by atoms with Crippen molar-refractivity contribution in [3.05, 3.63) is 0 Å². The fraction of sp³-hybridized carbons (Fsp3) is 1.00. The fourth-order valence-electron chi connectivity index (χ4n) is 1.42. The highest BCUT2D eigenvalue weighted by molar-refractivity contribution is 7.98. The van der Waals surface area contributed by atoms with E-state index in [1.807, 2.05) is 11.8 Å². The second-order valence-corrected chi connectivity index (χ2v) is 4.25. The van der Waals surface area contributed by atoms with Gasteiger partial charge in [-0.3, -0.25) is 0 Å². The first-order valence-corrected chi connectivity index (χ1v) is 6.10. The number of hydrogen-bond acceptors (Lipinski definition) is 3. The minimum atomic E-state index is 0.826. The predicted molar refractivity (Wildman–Crippen MR) is 54.8 cm³/mol. The van der Waals surface area contributed by atoms with Crippen LogP contribution in [0.25, 0.3) is 0 Å². The SMILES string of the molecule is CSCCNCCC1CCOC1. The summed E-state index contributed by atoms with van der Waals surface area (Å²) in [6.45, 7) is 4.28. The van der Waals surface area contributed by atoms with Gasteiger partial charge in [0.05, 0.1) is 0 Å². The van der Waals surface area contributed by atoms with Crippen molar-refractivity contribution in [3.63, 3.8) is 0 Å². The van der Waals surface area contributed by atoms with Gasteiger partial charge >= 0.3 is 0 Å². The lowest BCUT2D eigenvalue weighted by atomic mass is 10.1. The van der Waals surface area contributed by atoms with Crippen LogP contribution in [0.3, 0.4) is 0 Å². The maximum absolute atomic E-state index is 5.30. The van der Waals surface area contributed by atoms with Crippen molar-refractivity contribution in [2.24, 2.45) is 5.92 Å². The van der Waals surface area contributed by atoms with Crippen LogP contribution in [0.4, 0.5) is 0 Å². The van der Waals surface area contributed by atoms with Gasteiger partial charge in [-0.1, -0.05) is 0 Å². The second kappa shape index (κ2) is 6.75. The van der Waals surface area contributed by atoms with Gasteiger partial charge in [-0.15, -0.1) is 0 Å². The van der Waals surface area contributed by atoms with Gasteiger partial charge in [-0.05, 0) is 31.6 Å². The van der Waals surface area contributed by atoms with Crippen molar-refractivity contribution in [3.8, 4) is 0 Å². The summed E-state index contributed by atoms with van der Waals surface area (Å²) in [6.07, 6.45) is 4.70. The van der Waals surface area contributed by atoms with E-state index in [-0.39, 0.29) is 0 Å². The maximum Gasteiger partial charge on any atom is 0.0495 e. The summed E-state index contributed by atoms with van der Waals surface area (Å²) in [5.74, 6) is 2.05. The Morgan fingerprint density at radius 1 is 1.50 bits per heavy atom. The Morgan fingerprint density at radius 3 is 3.08 bits per heavy atom. The van der Waals surface area contributed by atoms with Gasteiger partial charge in [0.1, 0.15) is 0 Å². The number of nitrogens with one attached hydrogen (secondary N) is 1. The summed E-state index contributed by atoms with van der Waals surface area (Å²) in [7, 11) is 0. The fourth-order valence-corrected chi connectivity index (χ4v) is 1.76. The zero-order chi connectivity index (χ0) is 8.65. The molecular formula is C9H19NOS. The van der Waals surface area contributed by atoms with Crippen LogP contribution in [-0.4, -0.2) is 38.3 Å². The van der Waals surface area contributed by atoms with E-state index in [0.29, 0.717) is 0 Å². The number of ether oxygens (including phenoxy) is 1. The van der Waals surface area contributed by atoms with Crippen LogP contribution in [0.1, 0.15) is 12.8 Å². The zero-order valence-electron chi connectivity index (χ0n) is 7.84. The molecule has 0 aromatic heterocycles. The lowest BCUT2D eigenvalue weighted by molar-refractivity contribution is 0.184. The minimum absolute atomic E-state index is 0.826. The number of hydrogen-bond donors (Lipinski definition) is 1. The molecule has 1 saturated heterocycles. The Kier molecular flexibility index (Phi) is 5.82. The van der Waals surface area contributed by atoms with E-state index in [1.165, 1.54) is 18.6 Å². The summed E-state index contributed by atoms with van der Waals surface area (Å²) in [5, 5.41) is 3.44. The highest BCUT2D eigenvalue weighted by atomic mass is 32.2. The van der Waals surface area contributed by atoms with Gasteiger partial charge in [-0.25, -0.2) is 0 Å². The number of rotatable bonds is 6. The van der Waals surface area contributed by atoms with E-state index < -0.39 is 0 Å². The van der Waals surface area contributed by atoms with Crippen LogP contribution in [0.15, 0.2) is 0 Å². The van der Waals surface area contributed by atoms with Gasteiger partial charge < -0.3 is 10.1 Å². The summed E-state index contributed by atoms with van der Waals surface area (Å²) < 4.78 is 5.30. The van der Waals surface area contributed by atoms with Gasteiger partial charge in [0, 0.05) is 25.5 Å². The molecule has 1 aliphatic heterocycles. The molecule has 1 atom stereocenters. The van der Waals surface area contributed by atoms with Gasteiger partial charge in [0.25, 0.3) is 0 Å². The predicted octanol–water partition coefficient (Wildman–Crippen LogP) is 1.37. The molecule has 0 amide bonds. The molecule has 12 heavy (non-hydrogen) atoms. The third-order valence-electron chi connectivity index (χ3n) is 2.24. The molecule has 1 aliphatic rings. The van der Waals surface area contributed by atoms with Crippen molar-refractivity contribution in [1.82, 2.24) is 5.32 Å². The molecule has 0 radical (unpaired) electrons. The van der Waals surface area contributed by atoms with Crippen LogP contribution in [0, 0.1) is 5.92 Å². The average molecular weight is 189 g/mol. The quantitative estimate of drug-likeness (QED) is 0.638. The summed E-state index contributed by atoms with van der Waals surface area (Å²) in [5.41, 5.74) is 0. The van der Waals surface area contributed by atoms with Crippen LogP contribution in [0.5, 0.6) is 0 Å². The van der Waals surface area contributed by atoms with Crippen molar-refractivity contribution >= 4 is 11.8 Å². The molecule has 1 N–H and O–H groups in total. The average Bonchev–Trinajstić information content (AvgIpc) is 2.57. The van der Waals surface area contributed by atoms with Gasteiger partial charge in [-0.2, -0.15) is 11.8 Å². The van der Waals surface area contributed by atoms with E-state index in [2.05, 4.69) is 11.6 Å². The third-order valence-corrected chi connectivity index (χ3v) is 2.85. The molecule has 0 aromatic carbocycles. The Labute approximate surface area is 79.4 Å². The minimum Gasteiger partial charge on any atom is -0.381 e. The first-order chi connectivity index (χ1) is 5.93. The molecule has 3 heteroatoms. The third kappa shape index (κ3) is 4.33. The Morgan fingerprint density at radius 2 is 2.42 bits per heavy atom. The smallest absolute Gasteiger partial charge is 0.0495 e. The van der Waals surface area contributed by atoms with E-state index in [0.717, 1.165) is 32.2 Å². The monoisotopic (exact) mass is 189 g/mol. The Bertz CT molecular complexity index is 105. The topological polar surface area (TPSA) is 21.3 Å². The normalized spacial score (nSPS) is 23.2. The maximum atomic E-state index is 5.30. The van der Waals surface area contributed by atoms with Crippen molar-refractivity contribution in [2.45, 2.75) is 12.8 Å². The van der Waals surface area contributed by atoms with Crippen LogP contribution < -0.4 is 5.32 Å². The number of thioether (sulfide) groups is 1. The molecule has 0 aromatic rings. The summed E-state index contributed by atoms with van der Waals surface area (Å²) in [6, 6.07) is 0. The van der Waals surface area contributed by atoms with Gasteiger partial charge in [0.15, 0.2) is 0 Å². The molecule has 1 rings (SSSR count). The van der Waals surface area contributed by atoms with Crippen LogP contribution in [0.2, 0.25) is 0 Å². The van der Waals surface area contributed by atoms with E-state index in [4.69, 9.17) is 4.74 Å². The molecular weight excluding hydrogens is 170 g/mol. The lowest BCUT2D eigenvalue weighted by Gasteiger charge is -2.07. The molecule has 0 aliphatic carbocycles. The molecule has 1 unspecified atom stereocenters. The van der Waals surface area contributed by atoms with Crippen molar-refractivity contribution in [1.29, 1.82) is 0 Å².